The zero-order chi connectivity index (χ0) is 11.7. The van der Waals surface area contributed by atoms with Crippen LogP contribution in [0.2, 0.25) is 5.02 Å². The van der Waals surface area contributed by atoms with E-state index >= 15 is 0 Å². The van der Waals surface area contributed by atoms with Crippen molar-refractivity contribution in [1.29, 1.82) is 0 Å². The summed E-state index contributed by atoms with van der Waals surface area (Å²) in [5.74, 6) is 0.00807. The molecule has 1 N–H and O–H groups in total. The second kappa shape index (κ2) is 4.34. The summed E-state index contributed by atoms with van der Waals surface area (Å²) in [5.41, 5.74) is 1.74. The molecule has 0 spiro atoms. The minimum Gasteiger partial charge on any atom is -0.369 e. The molecular formula is C12H15ClN2O. The van der Waals surface area contributed by atoms with Crippen LogP contribution < -0.4 is 10.2 Å². The summed E-state index contributed by atoms with van der Waals surface area (Å²) < 4.78 is 0. The number of nitrogens with one attached hydrogen (secondary N) is 1. The van der Waals surface area contributed by atoms with Crippen molar-refractivity contribution in [3.8, 4) is 0 Å². The van der Waals surface area contributed by atoms with Crippen LogP contribution in [-0.2, 0) is 4.79 Å². The first-order chi connectivity index (χ1) is 7.63. The number of hydrogen-bond acceptors (Lipinski definition) is 2. The first-order valence-electron chi connectivity index (χ1n) is 5.47. The van der Waals surface area contributed by atoms with Crippen molar-refractivity contribution in [2.45, 2.75) is 13.8 Å². The van der Waals surface area contributed by atoms with E-state index in [0.29, 0.717) is 5.02 Å². The highest BCUT2D eigenvalue weighted by Crippen LogP contribution is 2.35. The van der Waals surface area contributed by atoms with Crippen molar-refractivity contribution in [1.82, 2.24) is 0 Å². The molecule has 0 aromatic heterocycles. The Morgan fingerprint density at radius 3 is 3.00 bits per heavy atom. The second-order valence-electron chi connectivity index (χ2n) is 4.06. The summed E-state index contributed by atoms with van der Waals surface area (Å²) in [6, 6.07) is 5.69. The van der Waals surface area contributed by atoms with Crippen LogP contribution >= 0.6 is 11.6 Å². The van der Waals surface area contributed by atoms with Gasteiger partial charge in [-0.15, -0.1) is 0 Å². The van der Waals surface area contributed by atoms with Crippen molar-refractivity contribution in [2.24, 2.45) is 5.92 Å². The molecular weight excluding hydrogens is 224 g/mol. The Balaban J connectivity index is 2.50. The first-order valence-corrected chi connectivity index (χ1v) is 5.85. The molecule has 1 aliphatic rings. The molecule has 1 atom stereocenters. The van der Waals surface area contributed by atoms with E-state index in [1.807, 2.05) is 19.1 Å². The van der Waals surface area contributed by atoms with Crippen LogP contribution in [0.3, 0.4) is 0 Å². The van der Waals surface area contributed by atoms with E-state index in [9.17, 15) is 4.79 Å². The van der Waals surface area contributed by atoms with Gasteiger partial charge in [0, 0.05) is 13.1 Å². The third-order valence-electron chi connectivity index (χ3n) is 2.90. The third-order valence-corrected chi connectivity index (χ3v) is 3.22. The Morgan fingerprint density at radius 1 is 1.56 bits per heavy atom. The lowest BCUT2D eigenvalue weighted by Gasteiger charge is -2.23. The minimum atomic E-state index is -0.0246. The van der Waals surface area contributed by atoms with Crippen molar-refractivity contribution < 1.29 is 4.79 Å². The standard InChI is InChI=1S/C12H15ClN2O/c1-3-15-7-8(2)12(16)14-11-9(13)5-4-6-10(11)15/h4-6,8H,3,7H2,1-2H3,(H,14,16). The van der Waals surface area contributed by atoms with E-state index in [0.717, 1.165) is 24.5 Å². The molecule has 0 aliphatic carbocycles. The molecule has 16 heavy (non-hydrogen) atoms. The zero-order valence-electron chi connectivity index (χ0n) is 9.46. The quantitative estimate of drug-likeness (QED) is 0.816. The van der Waals surface area contributed by atoms with Gasteiger partial charge in [0.05, 0.1) is 22.3 Å². The van der Waals surface area contributed by atoms with Gasteiger partial charge < -0.3 is 10.2 Å². The summed E-state index contributed by atoms with van der Waals surface area (Å²) in [7, 11) is 0. The van der Waals surface area contributed by atoms with Crippen molar-refractivity contribution in [3.63, 3.8) is 0 Å². The predicted octanol–water partition coefficient (Wildman–Crippen LogP) is 2.75. The summed E-state index contributed by atoms with van der Waals surface area (Å²) in [5, 5.41) is 3.49. The normalized spacial score (nSPS) is 20.1. The van der Waals surface area contributed by atoms with Crippen LogP contribution in [0.1, 0.15) is 13.8 Å². The van der Waals surface area contributed by atoms with Gasteiger partial charge in [0.15, 0.2) is 0 Å². The van der Waals surface area contributed by atoms with Crippen LogP contribution in [0.5, 0.6) is 0 Å². The van der Waals surface area contributed by atoms with E-state index in [4.69, 9.17) is 11.6 Å². The molecule has 1 aromatic rings. The number of rotatable bonds is 1. The van der Waals surface area contributed by atoms with E-state index in [-0.39, 0.29) is 11.8 Å². The van der Waals surface area contributed by atoms with Crippen LogP contribution in [0.15, 0.2) is 18.2 Å². The molecule has 1 unspecified atom stereocenters. The van der Waals surface area contributed by atoms with Crippen molar-refractivity contribution in [3.05, 3.63) is 23.2 Å². The number of benzene rings is 1. The van der Waals surface area contributed by atoms with Gasteiger partial charge in [-0.1, -0.05) is 24.6 Å². The fourth-order valence-electron chi connectivity index (χ4n) is 1.96. The molecule has 2 rings (SSSR count). The molecule has 0 saturated carbocycles. The molecule has 3 nitrogen and oxygen atoms in total. The highest BCUT2D eigenvalue weighted by molar-refractivity contribution is 6.34. The molecule has 0 fully saturated rings. The van der Waals surface area contributed by atoms with Gasteiger partial charge >= 0.3 is 0 Å². The van der Waals surface area contributed by atoms with Crippen LogP contribution in [0.4, 0.5) is 11.4 Å². The summed E-state index contributed by atoms with van der Waals surface area (Å²) in [4.78, 5) is 14.0. The maximum Gasteiger partial charge on any atom is 0.229 e. The highest BCUT2D eigenvalue weighted by Gasteiger charge is 2.25. The van der Waals surface area contributed by atoms with E-state index < -0.39 is 0 Å². The molecule has 1 heterocycles. The molecule has 0 radical (unpaired) electrons. The fraction of sp³-hybridized carbons (Fsp3) is 0.417. The Hall–Kier alpha value is -1.22. The monoisotopic (exact) mass is 238 g/mol. The SMILES string of the molecule is CCN1CC(C)C(=O)Nc2c(Cl)cccc21. The predicted molar refractivity (Wildman–Crippen MR) is 67.1 cm³/mol. The second-order valence-corrected chi connectivity index (χ2v) is 4.47. The molecule has 1 amide bonds. The maximum atomic E-state index is 11.8. The molecule has 0 saturated heterocycles. The molecule has 0 bridgehead atoms. The molecule has 1 aromatic carbocycles. The van der Waals surface area contributed by atoms with Crippen LogP contribution in [0, 0.1) is 5.92 Å². The number of halogens is 1. The van der Waals surface area contributed by atoms with E-state index in [2.05, 4.69) is 17.1 Å². The molecule has 86 valence electrons. The Morgan fingerprint density at radius 2 is 2.31 bits per heavy atom. The average molecular weight is 239 g/mol. The summed E-state index contributed by atoms with van der Waals surface area (Å²) in [6.45, 7) is 5.60. The number of carbonyl (C=O) groups excluding carboxylic acids is 1. The number of para-hydroxylation sites is 1. The van der Waals surface area contributed by atoms with E-state index in [1.165, 1.54) is 0 Å². The molecule has 4 heteroatoms. The highest BCUT2D eigenvalue weighted by atomic mass is 35.5. The number of amides is 1. The lowest BCUT2D eigenvalue weighted by atomic mass is 10.1. The fourth-order valence-corrected chi connectivity index (χ4v) is 2.17. The summed E-state index contributed by atoms with van der Waals surface area (Å²) >= 11 is 6.11. The van der Waals surface area contributed by atoms with Gasteiger partial charge in [-0.05, 0) is 19.1 Å². The lowest BCUT2D eigenvalue weighted by Crippen LogP contribution is -2.30. The van der Waals surface area contributed by atoms with Crippen LogP contribution in [0.25, 0.3) is 0 Å². The number of fused-ring (bicyclic) bond motifs is 1. The smallest absolute Gasteiger partial charge is 0.229 e. The number of nitrogens with zero attached hydrogens (tertiary/aromatic N) is 1. The Bertz CT molecular complexity index is 419. The topological polar surface area (TPSA) is 32.3 Å². The van der Waals surface area contributed by atoms with Gasteiger partial charge in [-0.3, -0.25) is 4.79 Å². The molecule has 1 aliphatic heterocycles. The average Bonchev–Trinajstić information content (AvgIpc) is 2.39. The Kier molecular flexibility index (Phi) is 3.06. The van der Waals surface area contributed by atoms with Crippen LogP contribution in [-0.4, -0.2) is 19.0 Å². The van der Waals surface area contributed by atoms with Gasteiger partial charge in [0.2, 0.25) is 5.91 Å². The van der Waals surface area contributed by atoms with E-state index in [1.54, 1.807) is 6.07 Å². The van der Waals surface area contributed by atoms with Crippen molar-refractivity contribution >= 4 is 28.9 Å². The van der Waals surface area contributed by atoms with Gasteiger partial charge in [-0.25, -0.2) is 0 Å². The number of hydrogen-bond donors (Lipinski definition) is 1. The minimum absolute atomic E-state index is 0.0246. The Labute approximate surface area is 100 Å². The van der Waals surface area contributed by atoms with Gasteiger partial charge in [0.25, 0.3) is 0 Å². The maximum absolute atomic E-state index is 11.8. The number of carbonyl (C=O) groups is 1. The van der Waals surface area contributed by atoms with Crippen molar-refractivity contribution in [2.75, 3.05) is 23.3 Å². The zero-order valence-corrected chi connectivity index (χ0v) is 10.2. The summed E-state index contributed by atoms with van der Waals surface area (Å²) in [6.07, 6.45) is 0. The lowest BCUT2D eigenvalue weighted by molar-refractivity contribution is -0.119. The third kappa shape index (κ3) is 1.87. The first kappa shape index (κ1) is 11.3. The van der Waals surface area contributed by atoms with Gasteiger partial charge in [-0.2, -0.15) is 0 Å². The largest absolute Gasteiger partial charge is 0.369 e. The number of anilines is 2. The van der Waals surface area contributed by atoms with Gasteiger partial charge in [0.1, 0.15) is 0 Å².